The molecule has 0 aromatic heterocycles. The third-order valence-corrected chi connectivity index (χ3v) is 6.23. The number of carbonyl (C=O) groups excluding carboxylic acids is 1. The molecular formula is C25H22ClNO3. The Labute approximate surface area is 180 Å². The van der Waals surface area contributed by atoms with Crippen LogP contribution in [0.4, 0.5) is 5.69 Å². The molecule has 5 heteroatoms. The summed E-state index contributed by atoms with van der Waals surface area (Å²) < 4.78 is 10.9. The number of ether oxygens (including phenoxy) is 2. The van der Waals surface area contributed by atoms with Crippen LogP contribution in [0.3, 0.4) is 0 Å². The molecule has 0 spiro atoms. The Morgan fingerprint density at radius 3 is 2.63 bits per heavy atom. The first-order valence-corrected chi connectivity index (χ1v) is 10.6. The molecule has 0 radical (unpaired) electrons. The maximum absolute atomic E-state index is 13.2. The lowest BCUT2D eigenvalue weighted by Gasteiger charge is -2.18. The number of anilines is 1. The first kappa shape index (κ1) is 19.0. The van der Waals surface area contributed by atoms with Gasteiger partial charge >= 0.3 is 0 Å². The molecule has 5 rings (SSSR count). The SMILES string of the molecule is CCc1ccc(NC(=O)C2(c3ccc4c(c3)OCO4)CC2)cc1-c1cccc(Cl)c1. The van der Waals surface area contributed by atoms with Crippen LogP contribution in [0.2, 0.25) is 5.02 Å². The number of rotatable bonds is 5. The summed E-state index contributed by atoms with van der Waals surface area (Å²) in [6.07, 6.45) is 2.55. The quantitative estimate of drug-likeness (QED) is 0.554. The minimum atomic E-state index is -0.499. The van der Waals surface area contributed by atoms with Gasteiger partial charge in [0.05, 0.1) is 5.41 Å². The van der Waals surface area contributed by atoms with E-state index in [1.807, 2.05) is 54.6 Å². The molecule has 1 aliphatic carbocycles. The van der Waals surface area contributed by atoms with Gasteiger partial charge in [-0.15, -0.1) is 0 Å². The van der Waals surface area contributed by atoms with Crippen LogP contribution in [-0.2, 0) is 16.6 Å². The van der Waals surface area contributed by atoms with Crippen molar-refractivity contribution < 1.29 is 14.3 Å². The topological polar surface area (TPSA) is 47.6 Å². The molecule has 0 saturated heterocycles. The number of halogens is 1. The van der Waals surface area contributed by atoms with Crippen molar-refractivity contribution in [2.75, 3.05) is 12.1 Å². The molecular weight excluding hydrogens is 398 g/mol. The second-order valence-corrected chi connectivity index (χ2v) is 8.28. The zero-order valence-corrected chi connectivity index (χ0v) is 17.5. The number of hydrogen-bond acceptors (Lipinski definition) is 3. The fourth-order valence-electron chi connectivity index (χ4n) is 4.10. The molecule has 1 heterocycles. The Morgan fingerprint density at radius 2 is 1.87 bits per heavy atom. The van der Waals surface area contributed by atoms with Crippen LogP contribution in [-0.4, -0.2) is 12.7 Å². The molecule has 1 amide bonds. The van der Waals surface area contributed by atoms with Crippen LogP contribution in [0.25, 0.3) is 11.1 Å². The third kappa shape index (κ3) is 3.31. The van der Waals surface area contributed by atoms with E-state index in [-0.39, 0.29) is 12.7 Å². The van der Waals surface area contributed by atoms with Gasteiger partial charge in [-0.05, 0) is 77.9 Å². The van der Waals surface area contributed by atoms with Crippen LogP contribution in [0.15, 0.2) is 60.7 Å². The van der Waals surface area contributed by atoms with Crippen molar-refractivity contribution in [1.29, 1.82) is 0 Å². The van der Waals surface area contributed by atoms with Crippen LogP contribution in [0.1, 0.15) is 30.9 Å². The Morgan fingerprint density at radius 1 is 1.03 bits per heavy atom. The Balaban J connectivity index is 1.43. The molecule has 0 unspecified atom stereocenters. The number of nitrogens with one attached hydrogen (secondary N) is 1. The van der Waals surface area contributed by atoms with Gasteiger partial charge in [-0.25, -0.2) is 0 Å². The van der Waals surface area contributed by atoms with E-state index in [1.165, 1.54) is 5.56 Å². The lowest BCUT2D eigenvalue weighted by Crippen LogP contribution is -2.27. The Bertz CT molecular complexity index is 1140. The minimum absolute atomic E-state index is 0.0163. The monoisotopic (exact) mass is 419 g/mol. The summed E-state index contributed by atoms with van der Waals surface area (Å²) in [5, 5.41) is 3.84. The van der Waals surface area contributed by atoms with Gasteiger partial charge in [0.25, 0.3) is 0 Å². The highest BCUT2D eigenvalue weighted by Crippen LogP contribution is 2.51. The van der Waals surface area contributed by atoms with Gasteiger partial charge in [0.1, 0.15) is 0 Å². The molecule has 1 fully saturated rings. The highest BCUT2D eigenvalue weighted by atomic mass is 35.5. The average Bonchev–Trinajstić information content (AvgIpc) is 3.44. The summed E-state index contributed by atoms with van der Waals surface area (Å²) in [5.41, 5.74) is 4.62. The van der Waals surface area contributed by atoms with E-state index >= 15 is 0 Å². The normalized spacial score (nSPS) is 15.7. The van der Waals surface area contributed by atoms with E-state index in [1.54, 1.807) is 0 Å². The number of hydrogen-bond donors (Lipinski definition) is 1. The molecule has 1 aliphatic heterocycles. The predicted molar refractivity (Wildman–Crippen MR) is 118 cm³/mol. The van der Waals surface area contributed by atoms with Crippen molar-refractivity contribution in [1.82, 2.24) is 0 Å². The maximum Gasteiger partial charge on any atom is 0.235 e. The molecule has 2 aliphatic rings. The van der Waals surface area contributed by atoms with Gasteiger partial charge in [-0.3, -0.25) is 4.79 Å². The number of benzene rings is 3. The summed E-state index contributed by atoms with van der Waals surface area (Å²) >= 11 is 6.20. The fraction of sp³-hybridized carbons (Fsp3) is 0.240. The predicted octanol–water partition coefficient (Wildman–Crippen LogP) is 5.97. The third-order valence-electron chi connectivity index (χ3n) is 5.99. The molecule has 1 saturated carbocycles. The number of amides is 1. The molecule has 3 aromatic rings. The van der Waals surface area contributed by atoms with Gasteiger partial charge in [0.15, 0.2) is 11.5 Å². The molecule has 0 bridgehead atoms. The summed E-state index contributed by atoms with van der Waals surface area (Å²) in [5.74, 6) is 1.46. The first-order valence-electron chi connectivity index (χ1n) is 10.2. The molecule has 152 valence electrons. The minimum Gasteiger partial charge on any atom is -0.454 e. The highest BCUT2D eigenvalue weighted by molar-refractivity contribution is 6.30. The van der Waals surface area contributed by atoms with E-state index in [0.717, 1.165) is 47.4 Å². The zero-order valence-electron chi connectivity index (χ0n) is 16.7. The van der Waals surface area contributed by atoms with Gasteiger partial charge in [0, 0.05) is 10.7 Å². The van der Waals surface area contributed by atoms with Crippen molar-refractivity contribution in [3.8, 4) is 22.6 Å². The molecule has 30 heavy (non-hydrogen) atoms. The fourth-order valence-corrected chi connectivity index (χ4v) is 4.29. The first-order chi connectivity index (χ1) is 14.6. The Kier molecular flexibility index (Phi) is 4.67. The summed E-state index contributed by atoms with van der Waals surface area (Å²) in [6, 6.07) is 19.7. The number of carbonyl (C=O) groups is 1. The van der Waals surface area contributed by atoms with E-state index in [9.17, 15) is 4.79 Å². The lowest BCUT2D eigenvalue weighted by molar-refractivity contribution is -0.118. The second kappa shape index (κ2) is 7.37. The van der Waals surface area contributed by atoms with Crippen LogP contribution < -0.4 is 14.8 Å². The largest absolute Gasteiger partial charge is 0.454 e. The van der Waals surface area contributed by atoms with Gasteiger partial charge < -0.3 is 14.8 Å². The summed E-state index contributed by atoms with van der Waals surface area (Å²) in [4.78, 5) is 13.2. The van der Waals surface area contributed by atoms with Gasteiger partial charge in [0.2, 0.25) is 12.7 Å². The smallest absolute Gasteiger partial charge is 0.235 e. The molecule has 4 nitrogen and oxygen atoms in total. The van der Waals surface area contributed by atoms with E-state index < -0.39 is 5.41 Å². The van der Waals surface area contributed by atoms with Crippen molar-refractivity contribution in [3.05, 3.63) is 76.8 Å². The van der Waals surface area contributed by atoms with E-state index in [0.29, 0.717) is 10.8 Å². The van der Waals surface area contributed by atoms with Gasteiger partial charge in [-0.2, -0.15) is 0 Å². The summed E-state index contributed by atoms with van der Waals surface area (Å²) in [7, 11) is 0. The number of aryl methyl sites for hydroxylation is 1. The van der Waals surface area contributed by atoms with Crippen LogP contribution >= 0.6 is 11.6 Å². The molecule has 3 aromatic carbocycles. The maximum atomic E-state index is 13.2. The Hall–Kier alpha value is -2.98. The molecule has 1 N–H and O–H groups in total. The van der Waals surface area contributed by atoms with Crippen LogP contribution in [0, 0.1) is 0 Å². The van der Waals surface area contributed by atoms with Crippen molar-refractivity contribution in [2.45, 2.75) is 31.6 Å². The number of fused-ring (bicyclic) bond motifs is 1. The molecule has 0 atom stereocenters. The van der Waals surface area contributed by atoms with Crippen molar-refractivity contribution in [2.24, 2.45) is 0 Å². The standard InChI is InChI=1S/C25H22ClNO3/c1-2-16-6-8-20(14-21(16)17-4-3-5-19(26)12-17)27-24(28)25(10-11-25)18-7-9-22-23(13-18)30-15-29-22/h3-9,12-14H,2,10-11,15H2,1H3,(H,27,28). The average molecular weight is 420 g/mol. The zero-order chi connectivity index (χ0) is 20.7. The van der Waals surface area contributed by atoms with E-state index in [2.05, 4.69) is 18.3 Å². The van der Waals surface area contributed by atoms with Gasteiger partial charge in [-0.1, -0.05) is 42.8 Å². The lowest BCUT2D eigenvalue weighted by atomic mass is 9.93. The van der Waals surface area contributed by atoms with E-state index in [4.69, 9.17) is 21.1 Å². The second-order valence-electron chi connectivity index (χ2n) is 7.84. The van der Waals surface area contributed by atoms with Crippen molar-refractivity contribution in [3.63, 3.8) is 0 Å². The van der Waals surface area contributed by atoms with Crippen molar-refractivity contribution >= 4 is 23.2 Å². The van der Waals surface area contributed by atoms with Crippen LogP contribution in [0.5, 0.6) is 11.5 Å². The highest BCUT2D eigenvalue weighted by Gasteiger charge is 2.51. The summed E-state index contributed by atoms with van der Waals surface area (Å²) in [6.45, 7) is 2.36.